The topological polar surface area (TPSA) is 58.6 Å². The maximum absolute atomic E-state index is 10.1. The summed E-state index contributed by atoms with van der Waals surface area (Å²) in [7, 11) is 0. The summed E-state index contributed by atoms with van der Waals surface area (Å²) in [5, 5.41) is 20.1. The van der Waals surface area contributed by atoms with Crippen LogP contribution in [-0.2, 0) is 0 Å². The third-order valence-corrected chi connectivity index (χ3v) is 4.51. The predicted octanol–water partition coefficient (Wildman–Crippen LogP) is -1.49. The summed E-state index contributed by atoms with van der Waals surface area (Å²) < 4.78 is 5.56. The van der Waals surface area contributed by atoms with Gasteiger partial charge in [0.15, 0.2) is 0 Å². The molecule has 2 rings (SSSR count). The van der Waals surface area contributed by atoms with Crippen LogP contribution in [0.2, 0.25) is 10.0 Å². The van der Waals surface area contributed by atoms with Crippen LogP contribution in [0.3, 0.4) is 0 Å². The molecule has 5 nitrogen and oxygen atoms in total. The van der Waals surface area contributed by atoms with Crippen LogP contribution in [-0.4, -0.2) is 68.8 Å². The van der Waals surface area contributed by atoms with Crippen molar-refractivity contribution in [1.82, 2.24) is 0 Å². The number of quaternary nitrogens is 2. The first-order valence-electron chi connectivity index (χ1n) is 7.62. The van der Waals surface area contributed by atoms with Crippen LogP contribution in [0, 0.1) is 0 Å². The van der Waals surface area contributed by atoms with Crippen LogP contribution >= 0.6 is 23.2 Å². The number of benzene rings is 1. The van der Waals surface area contributed by atoms with Gasteiger partial charge in [-0.05, 0) is 18.2 Å². The van der Waals surface area contributed by atoms with Gasteiger partial charge in [0.1, 0.15) is 57.7 Å². The van der Waals surface area contributed by atoms with Crippen molar-refractivity contribution in [2.45, 2.75) is 6.10 Å². The summed E-state index contributed by atoms with van der Waals surface area (Å²) in [6.07, 6.45) is -0.527. The van der Waals surface area contributed by atoms with Gasteiger partial charge in [0.25, 0.3) is 0 Å². The average molecular weight is 351 g/mol. The Morgan fingerprint density at radius 1 is 1.14 bits per heavy atom. The van der Waals surface area contributed by atoms with E-state index in [1.807, 2.05) is 0 Å². The molecule has 22 heavy (non-hydrogen) atoms. The summed E-state index contributed by atoms with van der Waals surface area (Å²) in [6.45, 7) is 6.02. The Labute approximate surface area is 141 Å². The molecule has 0 aliphatic carbocycles. The van der Waals surface area contributed by atoms with Crippen molar-refractivity contribution in [3.63, 3.8) is 0 Å². The molecule has 0 bridgehead atoms. The Balaban J connectivity index is 1.71. The van der Waals surface area contributed by atoms with Gasteiger partial charge in [-0.1, -0.05) is 23.2 Å². The van der Waals surface area contributed by atoms with Gasteiger partial charge in [0, 0.05) is 5.02 Å². The Morgan fingerprint density at radius 2 is 1.82 bits per heavy atom. The van der Waals surface area contributed by atoms with Crippen molar-refractivity contribution >= 4 is 23.2 Å². The lowest BCUT2D eigenvalue weighted by atomic mass is 10.2. The summed E-state index contributed by atoms with van der Waals surface area (Å²) in [4.78, 5) is 2.81. The molecule has 1 aliphatic rings. The van der Waals surface area contributed by atoms with Gasteiger partial charge in [-0.3, -0.25) is 0 Å². The zero-order valence-corrected chi connectivity index (χ0v) is 14.0. The van der Waals surface area contributed by atoms with E-state index < -0.39 is 6.10 Å². The van der Waals surface area contributed by atoms with E-state index in [9.17, 15) is 5.11 Å². The molecule has 1 heterocycles. The molecule has 1 aromatic rings. The summed E-state index contributed by atoms with van der Waals surface area (Å²) in [5.74, 6) is 0.539. The van der Waals surface area contributed by atoms with Crippen molar-refractivity contribution in [3.05, 3.63) is 28.2 Å². The fraction of sp³-hybridized carbons (Fsp3) is 0.600. The second-order valence-electron chi connectivity index (χ2n) is 5.72. The van der Waals surface area contributed by atoms with Crippen LogP contribution in [0.25, 0.3) is 0 Å². The van der Waals surface area contributed by atoms with Crippen LogP contribution in [0.5, 0.6) is 5.75 Å². The molecule has 0 amide bonds. The van der Waals surface area contributed by atoms with Crippen molar-refractivity contribution in [2.75, 3.05) is 52.5 Å². The quantitative estimate of drug-likeness (QED) is 0.484. The van der Waals surface area contributed by atoms with E-state index in [4.69, 9.17) is 33.0 Å². The van der Waals surface area contributed by atoms with Crippen molar-refractivity contribution in [3.8, 4) is 5.75 Å². The standard InChI is InChI=1S/C15H22Cl2N2O3/c16-12-1-2-15(14(17)9-12)22-11-13(21)10-19-5-3-18(4-6-19)7-8-20/h1-2,9,13,20-21H,3-8,10-11H2/p+2. The van der Waals surface area contributed by atoms with Gasteiger partial charge in [-0.25, -0.2) is 0 Å². The van der Waals surface area contributed by atoms with E-state index in [2.05, 4.69) is 0 Å². The number of aliphatic hydroxyl groups is 2. The average Bonchev–Trinajstić information content (AvgIpc) is 2.49. The van der Waals surface area contributed by atoms with Crippen molar-refractivity contribution < 1.29 is 24.7 Å². The van der Waals surface area contributed by atoms with Gasteiger partial charge in [-0.2, -0.15) is 0 Å². The minimum absolute atomic E-state index is 0.220. The van der Waals surface area contributed by atoms with Crippen molar-refractivity contribution in [1.29, 1.82) is 0 Å². The van der Waals surface area contributed by atoms with Crippen molar-refractivity contribution in [2.24, 2.45) is 0 Å². The zero-order valence-electron chi connectivity index (χ0n) is 12.5. The Hall–Kier alpha value is -0.560. The molecule has 0 radical (unpaired) electrons. The number of hydrogen-bond acceptors (Lipinski definition) is 3. The summed E-state index contributed by atoms with van der Waals surface area (Å²) in [6, 6.07) is 5.05. The molecule has 1 saturated heterocycles. The molecular formula is C15H24Cl2N2O3+2. The van der Waals surface area contributed by atoms with E-state index in [1.54, 1.807) is 18.2 Å². The SMILES string of the molecule is OCC[NH+]1CC[NH+](CC(O)COc2ccc(Cl)cc2Cl)CC1. The molecule has 1 fully saturated rings. The third-order valence-electron chi connectivity index (χ3n) is 3.98. The molecule has 4 N–H and O–H groups in total. The second-order valence-corrected chi connectivity index (χ2v) is 6.56. The zero-order chi connectivity index (χ0) is 15.9. The lowest BCUT2D eigenvalue weighted by Gasteiger charge is -2.30. The number of ether oxygens (including phenoxy) is 1. The highest BCUT2D eigenvalue weighted by Crippen LogP contribution is 2.27. The molecule has 124 valence electrons. The van der Waals surface area contributed by atoms with Gasteiger partial charge in [-0.15, -0.1) is 0 Å². The van der Waals surface area contributed by atoms with E-state index in [1.165, 1.54) is 9.80 Å². The van der Waals surface area contributed by atoms with Crippen LogP contribution in [0.1, 0.15) is 0 Å². The number of nitrogens with one attached hydrogen (secondary N) is 2. The molecule has 0 spiro atoms. The van der Waals surface area contributed by atoms with Crippen LogP contribution in [0.4, 0.5) is 0 Å². The summed E-state index contributed by atoms with van der Waals surface area (Å²) in [5.41, 5.74) is 0. The Bertz CT molecular complexity index is 468. The second kappa shape index (κ2) is 8.91. The number of halogens is 2. The van der Waals surface area contributed by atoms with Gasteiger partial charge in [0.05, 0.1) is 11.6 Å². The fourth-order valence-electron chi connectivity index (χ4n) is 2.74. The normalized spacial score (nSPS) is 23.3. The molecule has 7 heteroatoms. The Kier molecular flexibility index (Phi) is 7.21. The molecule has 1 unspecified atom stereocenters. The van der Waals surface area contributed by atoms with Gasteiger partial charge < -0.3 is 24.7 Å². The summed E-state index contributed by atoms with van der Waals surface area (Å²) >= 11 is 11.9. The molecular weight excluding hydrogens is 327 g/mol. The molecule has 0 saturated carbocycles. The van der Waals surface area contributed by atoms with E-state index in [0.717, 1.165) is 32.7 Å². The van der Waals surface area contributed by atoms with Crippen LogP contribution < -0.4 is 14.5 Å². The first-order valence-corrected chi connectivity index (χ1v) is 8.38. The van der Waals surface area contributed by atoms with Crippen LogP contribution in [0.15, 0.2) is 18.2 Å². The monoisotopic (exact) mass is 350 g/mol. The number of rotatable bonds is 7. The maximum atomic E-state index is 10.1. The highest BCUT2D eigenvalue weighted by molar-refractivity contribution is 6.35. The molecule has 1 aromatic carbocycles. The smallest absolute Gasteiger partial charge is 0.138 e. The van der Waals surface area contributed by atoms with E-state index in [0.29, 0.717) is 22.3 Å². The van der Waals surface area contributed by atoms with Gasteiger partial charge in [0.2, 0.25) is 0 Å². The minimum Gasteiger partial charge on any atom is -0.489 e. The van der Waals surface area contributed by atoms with E-state index >= 15 is 0 Å². The minimum atomic E-state index is -0.527. The lowest BCUT2D eigenvalue weighted by molar-refractivity contribution is -1.01. The van der Waals surface area contributed by atoms with E-state index in [-0.39, 0.29) is 13.2 Å². The maximum Gasteiger partial charge on any atom is 0.138 e. The predicted molar refractivity (Wildman–Crippen MR) is 86.2 cm³/mol. The Morgan fingerprint density at radius 3 is 2.45 bits per heavy atom. The fourth-order valence-corrected chi connectivity index (χ4v) is 3.20. The highest BCUT2D eigenvalue weighted by atomic mass is 35.5. The number of aliphatic hydroxyl groups excluding tert-OH is 2. The highest BCUT2D eigenvalue weighted by Gasteiger charge is 2.24. The first kappa shape index (κ1) is 17.8. The lowest BCUT2D eigenvalue weighted by Crippen LogP contribution is -3.28. The largest absolute Gasteiger partial charge is 0.489 e. The number of hydrogen-bond donors (Lipinski definition) is 4. The third kappa shape index (κ3) is 5.57. The first-order chi connectivity index (χ1) is 10.6. The number of piperazine rings is 1. The molecule has 0 aromatic heterocycles. The van der Waals surface area contributed by atoms with Gasteiger partial charge >= 0.3 is 0 Å². The molecule has 1 atom stereocenters. The molecule has 1 aliphatic heterocycles.